The van der Waals surface area contributed by atoms with E-state index in [2.05, 4.69) is 19.9 Å². The van der Waals surface area contributed by atoms with E-state index in [1.54, 1.807) is 0 Å². The molecule has 178 valence electrons. The van der Waals surface area contributed by atoms with Crippen LogP contribution in [0.3, 0.4) is 0 Å². The molecule has 0 aromatic rings. The van der Waals surface area contributed by atoms with Crippen molar-refractivity contribution in [2.24, 2.45) is 0 Å². The predicted octanol–water partition coefficient (Wildman–Crippen LogP) is 4.37. The summed E-state index contributed by atoms with van der Waals surface area (Å²) in [6.45, 7) is 4.90. The van der Waals surface area contributed by atoms with E-state index in [-0.39, 0.29) is 63.5 Å². The summed E-state index contributed by atoms with van der Waals surface area (Å²) in [4.78, 5) is 11.6. The molecule has 0 saturated heterocycles. The van der Waals surface area contributed by atoms with Gasteiger partial charge < -0.3 is 17.3 Å². The van der Waals surface area contributed by atoms with Gasteiger partial charge in [-0.25, -0.2) is 0 Å². The topological polar surface area (TPSA) is 69.7 Å². The second kappa shape index (κ2) is 27.0. The van der Waals surface area contributed by atoms with E-state index in [9.17, 15) is 13.2 Å². The predicted molar refractivity (Wildman–Crippen MR) is 124 cm³/mol. The van der Waals surface area contributed by atoms with Gasteiger partial charge in [-0.3, -0.25) is 4.79 Å². The van der Waals surface area contributed by atoms with Gasteiger partial charge in [-0.1, -0.05) is 90.2 Å². The molecule has 0 radical (unpaired) electrons. The van der Waals surface area contributed by atoms with Crippen LogP contribution in [-0.4, -0.2) is 18.7 Å². The van der Waals surface area contributed by atoms with Crippen molar-refractivity contribution < 1.29 is 73.5 Å². The van der Waals surface area contributed by atoms with E-state index in [1.165, 1.54) is 25.7 Å². The number of rotatable bonds is 22. The zero-order chi connectivity index (χ0) is 22.3. The molecule has 0 fully saturated rings. The summed E-state index contributed by atoms with van der Waals surface area (Å²) in [5.74, 6) is -0.0556. The van der Waals surface area contributed by atoms with E-state index in [1.807, 2.05) is 6.08 Å². The summed E-state index contributed by atoms with van der Waals surface area (Å²) in [7, 11) is -2.44. The van der Waals surface area contributed by atoms with Crippen molar-refractivity contribution in [2.75, 3.05) is 6.61 Å². The summed E-state index contributed by atoms with van der Waals surface area (Å²) in [6, 6.07) is 0. The molecule has 0 aliphatic heterocycles. The summed E-state index contributed by atoms with van der Waals surface area (Å²) in [6.07, 6.45) is 21.3. The fourth-order valence-electron chi connectivity index (χ4n) is 3.33. The van der Waals surface area contributed by atoms with Crippen LogP contribution in [0.25, 0.3) is 0 Å². The zero-order valence-electron chi connectivity index (χ0n) is 20.4. The molecule has 1 atom stereocenters. The molecule has 0 saturated carbocycles. The number of unbranched alkanes of at least 4 members (excludes halogenated alkanes) is 11. The number of hydrogen-bond donors (Lipinski definition) is 0. The Labute approximate surface area is 236 Å². The number of esters is 1. The standard InChI is InChI=1S/C24H45O5S.K/c1-3-5-7-15-19-23(29-30(26)27)20-16-13-11-9-10-12-14-17-21-24(25)28-22-18-8-6-4-2;/h13,16,23H,3-12,14-15,17-22H2,1-2H3;/q-1;+1/b16-13-;/t23-;/m1./s1. The average molecular weight is 485 g/mol. The summed E-state index contributed by atoms with van der Waals surface area (Å²) in [5.41, 5.74) is 0. The van der Waals surface area contributed by atoms with Gasteiger partial charge in [0.25, 0.3) is 0 Å². The van der Waals surface area contributed by atoms with Crippen molar-refractivity contribution in [2.45, 2.75) is 129 Å². The first-order valence-electron chi connectivity index (χ1n) is 12.2. The average Bonchev–Trinajstić information content (AvgIpc) is 2.71. The van der Waals surface area contributed by atoms with Crippen molar-refractivity contribution in [3.05, 3.63) is 12.2 Å². The Hall–Kier alpha value is 0.756. The molecule has 0 rings (SSSR count). The summed E-state index contributed by atoms with van der Waals surface area (Å²) in [5, 5.41) is 0. The van der Waals surface area contributed by atoms with Crippen molar-refractivity contribution in [1.82, 2.24) is 0 Å². The van der Waals surface area contributed by atoms with Crippen LogP contribution in [0.15, 0.2) is 12.2 Å². The van der Waals surface area contributed by atoms with Crippen LogP contribution in [0.2, 0.25) is 0 Å². The maximum atomic E-state index is 11.6. The van der Waals surface area contributed by atoms with Crippen LogP contribution in [-0.2, 0) is 33.1 Å². The quantitative estimate of drug-likeness (QED) is 0.0750. The second-order valence-corrected chi connectivity index (χ2v) is 8.67. The molecule has 0 amide bonds. The number of hydrogen-bond acceptors (Lipinski definition) is 6. The summed E-state index contributed by atoms with van der Waals surface area (Å²) >= 11 is 0. The Morgan fingerprint density at radius 3 is 2.10 bits per heavy atom. The van der Waals surface area contributed by atoms with Gasteiger partial charge in [0.1, 0.15) is 0 Å². The van der Waals surface area contributed by atoms with Crippen molar-refractivity contribution >= 4 is 17.0 Å². The number of allylic oxidation sites excluding steroid dienone is 1. The first-order valence-corrected chi connectivity index (χ1v) is 13.2. The Morgan fingerprint density at radius 1 is 0.806 bits per heavy atom. The van der Waals surface area contributed by atoms with Crippen molar-refractivity contribution in [3.8, 4) is 0 Å². The van der Waals surface area contributed by atoms with Crippen molar-refractivity contribution in [3.63, 3.8) is 0 Å². The first-order chi connectivity index (χ1) is 14.6. The molecule has 7 heteroatoms. The fourth-order valence-corrected chi connectivity index (χ4v) is 3.73. The largest absolute Gasteiger partial charge is 1.00 e. The van der Waals surface area contributed by atoms with Crippen LogP contribution >= 0.6 is 0 Å². The van der Waals surface area contributed by atoms with Gasteiger partial charge in [-0.05, 0) is 38.5 Å². The van der Waals surface area contributed by atoms with Crippen LogP contribution in [0.1, 0.15) is 123 Å². The Bertz CT molecular complexity index is 486. The third kappa shape index (κ3) is 26.9. The molecule has 0 aliphatic carbocycles. The minimum atomic E-state index is -2.44. The molecule has 0 spiro atoms. The minimum absolute atomic E-state index is 0. The minimum Gasteiger partial charge on any atom is -0.466 e. The van der Waals surface area contributed by atoms with E-state index in [0.717, 1.165) is 70.6 Å². The Balaban J connectivity index is 0. The molecule has 0 heterocycles. The van der Waals surface area contributed by atoms with Gasteiger partial charge in [0.2, 0.25) is 0 Å². The number of ether oxygens (including phenoxy) is 1. The van der Waals surface area contributed by atoms with Crippen LogP contribution in [0, 0.1) is 0 Å². The van der Waals surface area contributed by atoms with Crippen LogP contribution < -0.4 is 51.4 Å². The van der Waals surface area contributed by atoms with Gasteiger partial charge in [-0.15, -0.1) is 0 Å². The monoisotopic (exact) mass is 484 g/mol. The Kier molecular flexibility index (Phi) is 29.6. The maximum absolute atomic E-state index is 11.6. The third-order valence-corrected chi connectivity index (χ3v) is 5.60. The second-order valence-electron chi connectivity index (χ2n) is 8.07. The molecule has 0 unspecified atom stereocenters. The summed E-state index contributed by atoms with van der Waals surface area (Å²) < 4.78 is 31.9. The van der Waals surface area contributed by atoms with Crippen LogP contribution in [0.4, 0.5) is 0 Å². The maximum Gasteiger partial charge on any atom is 1.00 e. The van der Waals surface area contributed by atoms with Gasteiger partial charge in [0.05, 0.1) is 17.6 Å². The fraction of sp³-hybridized carbons (Fsp3) is 0.875. The SMILES string of the molecule is CCCCCCOC(=O)CCCCCCC/C=C\C[C@@H](CCCCCC)O[S-](=O)=O.[K+]. The van der Waals surface area contributed by atoms with Gasteiger partial charge in [0, 0.05) is 12.5 Å². The molecule has 0 aliphatic rings. The molecule has 0 aromatic heterocycles. The molecule has 5 nitrogen and oxygen atoms in total. The first kappa shape index (κ1) is 33.9. The normalized spacial score (nSPS) is 12.2. The molecular weight excluding hydrogens is 439 g/mol. The zero-order valence-corrected chi connectivity index (χ0v) is 24.3. The van der Waals surface area contributed by atoms with E-state index < -0.39 is 11.0 Å². The molecule has 0 N–H and O–H groups in total. The molecule has 0 aromatic carbocycles. The van der Waals surface area contributed by atoms with Gasteiger partial charge >= 0.3 is 57.4 Å². The van der Waals surface area contributed by atoms with Gasteiger partial charge in [0.15, 0.2) is 0 Å². The third-order valence-electron chi connectivity index (χ3n) is 5.17. The van der Waals surface area contributed by atoms with Crippen molar-refractivity contribution in [1.29, 1.82) is 0 Å². The van der Waals surface area contributed by atoms with E-state index in [4.69, 9.17) is 8.92 Å². The molecular formula is C24H45KO5S. The smallest absolute Gasteiger partial charge is 0.466 e. The number of carbonyl (C=O) groups is 1. The van der Waals surface area contributed by atoms with Gasteiger partial charge in [-0.2, -0.15) is 0 Å². The Morgan fingerprint density at radius 2 is 1.42 bits per heavy atom. The molecule has 31 heavy (non-hydrogen) atoms. The van der Waals surface area contributed by atoms with Crippen LogP contribution in [0.5, 0.6) is 0 Å². The van der Waals surface area contributed by atoms with E-state index >= 15 is 0 Å². The number of carbonyl (C=O) groups excluding carboxylic acids is 1. The molecule has 0 bridgehead atoms. The van der Waals surface area contributed by atoms with E-state index in [0.29, 0.717) is 19.4 Å².